The maximum atomic E-state index is 11.7. The lowest BCUT2D eigenvalue weighted by Crippen LogP contribution is -2.31. The topological polar surface area (TPSA) is 46.9 Å². The Labute approximate surface area is 106 Å². The normalized spacial score (nSPS) is 18.8. The fraction of sp³-hybridized carbons (Fsp3) is 0.667. The van der Waals surface area contributed by atoms with Gasteiger partial charge in [-0.1, -0.05) is 0 Å². The maximum absolute atomic E-state index is 11.7. The van der Waals surface area contributed by atoms with Crippen LogP contribution in [0, 0.1) is 0 Å². The van der Waals surface area contributed by atoms with Gasteiger partial charge in [-0.15, -0.1) is 0 Å². The lowest BCUT2D eigenvalue weighted by Gasteiger charge is -2.23. The minimum Gasteiger partial charge on any atom is -0.349 e. The van der Waals surface area contributed by atoms with Crippen LogP contribution in [0.5, 0.6) is 0 Å². The SMILES string of the molecule is CSCCC(=O)NC1CCCc2c1cnn2C. The molecule has 5 heteroatoms. The van der Waals surface area contributed by atoms with E-state index in [9.17, 15) is 4.79 Å². The van der Waals surface area contributed by atoms with Gasteiger partial charge in [-0.25, -0.2) is 0 Å². The minimum atomic E-state index is 0.154. The minimum absolute atomic E-state index is 0.154. The molecule has 0 saturated heterocycles. The molecule has 1 heterocycles. The average Bonchev–Trinajstić information content (AvgIpc) is 2.70. The Hall–Kier alpha value is -0.970. The van der Waals surface area contributed by atoms with Crippen molar-refractivity contribution in [2.24, 2.45) is 7.05 Å². The molecular formula is C12H19N3OS. The molecule has 4 nitrogen and oxygen atoms in total. The third kappa shape index (κ3) is 2.83. The molecule has 94 valence electrons. The number of hydrogen-bond donors (Lipinski definition) is 1. The van der Waals surface area contributed by atoms with Gasteiger partial charge in [0.1, 0.15) is 0 Å². The summed E-state index contributed by atoms with van der Waals surface area (Å²) in [7, 11) is 1.97. The zero-order valence-corrected chi connectivity index (χ0v) is 11.2. The quantitative estimate of drug-likeness (QED) is 0.888. The standard InChI is InChI=1S/C12H19N3OS/c1-15-11-5-3-4-10(9(11)8-13-15)14-12(16)6-7-17-2/h8,10H,3-7H2,1-2H3,(H,14,16). The van der Waals surface area contributed by atoms with Gasteiger partial charge >= 0.3 is 0 Å². The van der Waals surface area contributed by atoms with E-state index in [0.717, 1.165) is 25.0 Å². The van der Waals surface area contributed by atoms with E-state index >= 15 is 0 Å². The molecule has 1 aromatic rings. The third-order valence-corrected chi connectivity index (χ3v) is 3.86. The number of aryl methyl sites for hydroxylation is 1. The number of nitrogens with zero attached hydrogens (tertiary/aromatic N) is 2. The summed E-state index contributed by atoms with van der Waals surface area (Å²) in [5, 5.41) is 7.40. The van der Waals surface area contributed by atoms with Crippen LogP contribution in [-0.2, 0) is 18.3 Å². The first-order valence-corrected chi connectivity index (χ1v) is 7.41. The van der Waals surface area contributed by atoms with Crippen molar-refractivity contribution in [2.75, 3.05) is 12.0 Å². The number of carbonyl (C=O) groups excluding carboxylic acids is 1. The molecule has 1 unspecified atom stereocenters. The molecular weight excluding hydrogens is 234 g/mol. The number of aromatic nitrogens is 2. The molecule has 1 amide bonds. The molecule has 1 aromatic heterocycles. The van der Waals surface area contributed by atoms with E-state index in [2.05, 4.69) is 10.4 Å². The molecule has 1 aliphatic rings. The first-order valence-electron chi connectivity index (χ1n) is 6.01. The predicted octanol–water partition coefficient (Wildman–Crippen LogP) is 1.67. The van der Waals surface area contributed by atoms with Gasteiger partial charge in [0, 0.05) is 30.5 Å². The van der Waals surface area contributed by atoms with Crippen molar-refractivity contribution in [1.82, 2.24) is 15.1 Å². The molecule has 0 spiro atoms. The largest absolute Gasteiger partial charge is 0.349 e. The lowest BCUT2D eigenvalue weighted by atomic mass is 9.93. The van der Waals surface area contributed by atoms with Crippen molar-refractivity contribution in [3.8, 4) is 0 Å². The molecule has 1 atom stereocenters. The summed E-state index contributed by atoms with van der Waals surface area (Å²) in [6.45, 7) is 0. The summed E-state index contributed by atoms with van der Waals surface area (Å²) < 4.78 is 1.93. The molecule has 1 aliphatic carbocycles. The molecule has 0 aliphatic heterocycles. The van der Waals surface area contributed by atoms with Crippen molar-refractivity contribution in [3.63, 3.8) is 0 Å². The second-order valence-corrected chi connectivity index (χ2v) is 5.41. The molecule has 0 saturated carbocycles. The molecule has 2 rings (SSSR count). The molecule has 0 fully saturated rings. The number of carbonyl (C=O) groups is 1. The molecule has 1 N–H and O–H groups in total. The number of rotatable bonds is 4. The Morgan fingerprint density at radius 2 is 2.53 bits per heavy atom. The van der Waals surface area contributed by atoms with E-state index in [4.69, 9.17) is 0 Å². The third-order valence-electron chi connectivity index (χ3n) is 3.24. The van der Waals surface area contributed by atoms with Gasteiger partial charge < -0.3 is 5.32 Å². The van der Waals surface area contributed by atoms with Crippen LogP contribution in [0.15, 0.2) is 6.20 Å². The van der Waals surface area contributed by atoms with Crippen LogP contribution in [0.1, 0.15) is 36.6 Å². The highest BCUT2D eigenvalue weighted by molar-refractivity contribution is 7.98. The number of hydrogen-bond acceptors (Lipinski definition) is 3. The molecule has 0 aromatic carbocycles. The Morgan fingerprint density at radius 3 is 3.29 bits per heavy atom. The van der Waals surface area contributed by atoms with Gasteiger partial charge in [0.25, 0.3) is 0 Å². The maximum Gasteiger partial charge on any atom is 0.221 e. The molecule has 0 radical (unpaired) electrons. The van der Waals surface area contributed by atoms with Crippen molar-refractivity contribution >= 4 is 17.7 Å². The summed E-state index contributed by atoms with van der Waals surface area (Å²) in [5.74, 6) is 1.04. The zero-order valence-electron chi connectivity index (χ0n) is 10.4. The molecule has 0 bridgehead atoms. The zero-order chi connectivity index (χ0) is 12.3. The first kappa shape index (κ1) is 12.5. The van der Waals surface area contributed by atoms with E-state index in [1.54, 1.807) is 11.8 Å². The summed E-state index contributed by atoms with van der Waals surface area (Å²) in [6.07, 6.45) is 7.75. The fourth-order valence-electron chi connectivity index (χ4n) is 2.32. The second kappa shape index (κ2) is 5.58. The van der Waals surface area contributed by atoms with Crippen molar-refractivity contribution in [3.05, 3.63) is 17.5 Å². The summed E-state index contributed by atoms with van der Waals surface area (Å²) in [5.41, 5.74) is 2.47. The fourth-order valence-corrected chi connectivity index (χ4v) is 2.71. The summed E-state index contributed by atoms with van der Waals surface area (Å²) >= 11 is 1.70. The van der Waals surface area contributed by atoms with Crippen molar-refractivity contribution < 1.29 is 4.79 Å². The number of amides is 1. The Bertz CT molecular complexity index is 402. The van der Waals surface area contributed by atoms with Gasteiger partial charge in [-0.2, -0.15) is 16.9 Å². The van der Waals surface area contributed by atoms with Crippen LogP contribution in [0.4, 0.5) is 0 Å². The van der Waals surface area contributed by atoms with Crippen LogP contribution in [-0.4, -0.2) is 27.7 Å². The highest BCUT2D eigenvalue weighted by Crippen LogP contribution is 2.29. The van der Waals surface area contributed by atoms with Crippen LogP contribution in [0.25, 0.3) is 0 Å². The van der Waals surface area contributed by atoms with E-state index in [1.165, 1.54) is 11.3 Å². The van der Waals surface area contributed by atoms with Gasteiger partial charge in [0.05, 0.1) is 12.2 Å². The van der Waals surface area contributed by atoms with E-state index in [-0.39, 0.29) is 11.9 Å². The van der Waals surface area contributed by atoms with Gasteiger partial charge in [0.2, 0.25) is 5.91 Å². The molecule has 17 heavy (non-hydrogen) atoms. The summed E-state index contributed by atoms with van der Waals surface area (Å²) in [6, 6.07) is 0.168. The van der Waals surface area contributed by atoms with Gasteiger partial charge in [-0.3, -0.25) is 9.48 Å². The first-order chi connectivity index (χ1) is 8.22. The number of fused-ring (bicyclic) bond motifs is 1. The monoisotopic (exact) mass is 253 g/mol. The van der Waals surface area contributed by atoms with Gasteiger partial charge in [-0.05, 0) is 25.5 Å². The Kier molecular flexibility index (Phi) is 4.10. The predicted molar refractivity (Wildman–Crippen MR) is 70.0 cm³/mol. The van der Waals surface area contributed by atoms with E-state index in [0.29, 0.717) is 6.42 Å². The Balaban J connectivity index is 2.01. The van der Waals surface area contributed by atoms with Crippen molar-refractivity contribution in [2.45, 2.75) is 31.7 Å². The smallest absolute Gasteiger partial charge is 0.221 e. The lowest BCUT2D eigenvalue weighted by molar-refractivity contribution is -0.121. The highest BCUT2D eigenvalue weighted by Gasteiger charge is 2.24. The van der Waals surface area contributed by atoms with Crippen LogP contribution in [0.3, 0.4) is 0 Å². The Morgan fingerprint density at radius 1 is 1.71 bits per heavy atom. The summed E-state index contributed by atoms with van der Waals surface area (Å²) in [4.78, 5) is 11.7. The van der Waals surface area contributed by atoms with E-state index in [1.807, 2.05) is 24.2 Å². The van der Waals surface area contributed by atoms with Crippen LogP contribution < -0.4 is 5.32 Å². The van der Waals surface area contributed by atoms with Gasteiger partial charge in [0.15, 0.2) is 0 Å². The highest BCUT2D eigenvalue weighted by atomic mass is 32.2. The average molecular weight is 253 g/mol. The van der Waals surface area contributed by atoms with E-state index < -0.39 is 0 Å². The van der Waals surface area contributed by atoms with Crippen molar-refractivity contribution in [1.29, 1.82) is 0 Å². The number of thioether (sulfide) groups is 1. The van der Waals surface area contributed by atoms with Crippen LogP contribution in [0.2, 0.25) is 0 Å². The van der Waals surface area contributed by atoms with Crippen LogP contribution >= 0.6 is 11.8 Å². The number of nitrogens with one attached hydrogen (secondary N) is 1. The second-order valence-electron chi connectivity index (χ2n) is 4.43.